The van der Waals surface area contributed by atoms with Crippen molar-refractivity contribution in [1.82, 2.24) is 15.5 Å². The molecule has 0 unspecified atom stereocenters. The predicted octanol–water partition coefficient (Wildman–Crippen LogP) is 2.88. The number of fused-ring (bicyclic) bond motifs is 1. The van der Waals surface area contributed by atoms with E-state index >= 15 is 0 Å². The van der Waals surface area contributed by atoms with Gasteiger partial charge in [-0.25, -0.2) is 9.18 Å². The zero-order valence-corrected chi connectivity index (χ0v) is 19.8. The molecule has 0 aliphatic carbocycles. The topological polar surface area (TPSA) is 85.0 Å². The van der Waals surface area contributed by atoms with E-state index in [-0.39, 0.29) is 37.3 Å². The molecule has 2 aliphatic heterocycles. The maximum atomic E-state index is 13.1. The fraction of sp³-hybridized carbons (Fsp3) is 0.423. The van der Waals surface area contributed by atoms with Crippen molar-refractivity contribution in [2.45, 2.75) is 32.2 Å². The second-order valence-electron chi connectivity index (χ2n) is 8.95. The van der Waals surface area contributed by atoms with Gasteiger partial charge in [0.1, 0.15) is 18.9 Å². The summed E-state index contributed by atoms with van der Waals surface area (Å²) in [7, 11) is 0. The Labute approximate surface area is 205 Å². The van der Waals surface area contributed by atoms with Gasteiger partial charge >= 0.3 is 6.03 Å². The molecule has 0 bridgehead atoms. The molecule has 2 aromatic rings. The fourth-order valence-electron chi connectivity index (χ4n) is 4.50. The van der Waals surface area contributed by atoms with Crippen LogP contribution in [0.5, 0.6) is 0 Å². The van der Waals surface area contributed by atoms with E-state index < -0.39 is 6.03 Å². The van der Waals surface area contributed by atoms with Gasteiger partial charge in [0.05, 0.1) is 11.4 Å². The Morgan fingerprint density at radius 3 is 2.29 bits per heavy atom. The minimum absolute atomic E-state index is 0.0963. The lowest BCUT2D eigenvalue weighted by molar-refractivity contribution is -0.123. The number of para-hydroxylation sites is 2. The zero-order chi connectivity index (χ0) is 24.6. The molecule has 0 spiro atoms. The third kappa shape index (κ3) is 6.57. The SMILES string of the molecule is O=C(CN1C(=O)CN(C(=O)NCc2ccc(F)cc2)c2ccccc21)NCCN1CCCCCC1. The van der Waals surface area contributed by atoms with Crippen LogP contribution >= 0.6 is 0 Å². The maximum Gasteiger partial charge on any atom is 0.322 e. The van der Waals surface area contributed by atoms with Crippen LogP contribution in [0.2, 0.25) is 0 Å². The monoisotopic (exact) mass is 481 g/mol. The Morgan fingerprint density at radius 2 is 1.57 bits per heavy atom. The molecule has 2 aliphatic rings. The lowest BCUT2D eigenvalue weighted by atomic mass is 10.1. The Kier molecular flexibility index (Phi) is 8.31. The van der Waals surface area contributed by atoms with Crippen molar-refractivity contribution in [3.05, 3.63) is 59.9 Å². The lowest BCUT2D eigenvalue weighted by Crippen LogP contribution is -2.53. The second-order valence-corrected chi connectivity index (χ2v) is 8.95. The van der Waals surface area contributed by atoms with Crippen molar-refractivity contribution in [3.63, 3.8) is 0 Å². The number of nitrogens with one attached hydrogen (secondary N) is 2. The fourth-order valence-corrected chi connectivity index (χ4v) is 4.50. The van der Waals surface area contributed by atoms with Gasteiger partial charge in [-0.1, -0.05) is 37.1 Å². The molecule has 0 saturated carbocycles. The molecular formula is C26H32FN5O3. The van der Waals surface area contributed by atoms with Crippen LogP contribution in [-0.4, -0.2) is 62.0 Å². The summed E-state index contributed by atoms with van der Waals surface area (Å²) in [6, 6.07) is 12.5. The van der Waals surface area contributed by atoms with E-state index in [4.69, 9.17) is 0 Å². The highest BCUT2D eigenvalue weighted by atomic mass is 19.1. The molecule has 1 saturated heterocycles. The number of rotatable bonds is 7. The summed E-state index contributed by atoms with van der Waals surface area (Å²) < 4.78 is 13.1. The van der Waals surface area contributed by atoms with Crippen molar-refractivity contribution >= 4 is 29.2 Å². The number of hydrogen-bond donors (Lipinski definition) is 2. The van der Waals surface area contributed by atoms with Crippen molar-refractivity contribution < 1.29 is 18.8 Å². The molecule has 4 amide bonds. The van der Waals surface area contributed by atoms with Crippen LogP contribution in [0.1, 0.15) is 31.2 Å². The van der Waals surface area contributed by atoms with Gasteiger partial charge < -0.3 is 15.5 Å². The normalized spacial score (nSPS) is 16.4. The van der Waals surface area contributed by atoms with E-state index in [1.807, 2.05) is 0 Å². The summed E-state index contributed by atoms with van der Waals surface area (Å²) in [5.41, 5.74) is 1.82. The number of hydrogen-bond acceptors (Lipinski definition) is 4. The Balaban J connectivity index is 1.35. The van der Waals surface area contributed by atoms with Crippen molar-refractivity contribution in [1.29, 1.82) is 0 Å². The average molecular weight is 482 g/mol. The highest BCUT2D eigenvalue weighted by molar-refractivity contribution is 6.12. The molecule has 0 aromatic heterocycles. The van der Waals surface area contributed by atoms with E-state index in [1.165, 1.54) is 47.6 Å². The van der Waals surface area contributed by atoms with Crippen molar-refractivity contribution in [2.24, 2.45) is 0 Å². The molecule has 0 atom stereocenters. The van der Waals surface area contributed by atoms with Gasteiger partial charge in [-0.15, -0.1) is 0 Å². The summed E-state index contributed by atoms with van der Waals surface area (Å²) in [5, 5.41) is 5.71. The molecule has 35 heavy (non-hydrogen) atoms. The largest absolute Gasteiger partial charge is 0.353 e. The summed E-state index contributed by atoms with van der Waals surface area (Å²) >= 11 is 0. The third-order valence-electron chi connectivity index (χ3n) is 6.41. The molecule has 2 aromatic carbocycles. The molecule has 2 heterocycles. The summed E-state index contributed by atoms with van der Waals surface area (Å²) in [5.74, 6) is -0.901. The number of anilines is 2. The second kappa shape index (κ2) is 11.8. The molecule has 186 valence electrons. The predicted molar refractivity (Wildman–Crippen MR) is 133 cm³/mol. The highest BCUT2D eigenvalue weighted by Crippen LogP contribution is 2.33. The minimum Gasteiger partial charge on any atom is -0.353 e. The number of amides is 4. The van der Waals surface area contributed by atoms with Gasteiger partial charge in [0.2, 0.25) is 11.8 Å². The number of halogens is 1. The van der Waals surface area contributed by atoms with Gasteiger partial charge in [-0.3, -0.25) is 19.4 Å². The first-order valence-electron chi connectivity index (χ1n) is 12.2. The molecular weight excluding hydrogens is 449 g/mol. The Morgan fingerprint density at radius 1 is 0.886 bits per heavy atom. The lowest BCUT2D eigenvalue weighted by Gasteiger charge is -2.35. The van der Waals surface area contributed by atoms with Gasteiger partial charge in [-0.05, 0) is 55.8 Å². The maximum absolute atomic E-state index is 13.1. The first-order chi connectivity index (χ1) is 17.0. The first kappa shape index (κ1) is 24.7. The summed E-state index contributed by atoms with van der Waals surface area (Å²) in [6.07, 6.45) is 4.92. The molecule has 8 nitrogen and oxygen atoms in total. The first-order valence-corrected chi connectivity index (χ1v) is 12.2. The standard InChI is InChI=1S/C26H32FN5O3/c27-21-11-9-20(10-12-21)17-29-26(35)32-19-25(34)31(22-7-3-4-8-23(22)32)18-24(33)28-13-16-30-14-5-1-2-6-15-30/h3-4,7-12H,1-2,5-6,13-19H2,(H,28,33)(H,29,35). The van der Waals surface area contributed by atoms with Gasteiger partial charge in [0, 0.05) is 19.6 Å². The van der Waals surface area contributed by atoms with Crippen LogP contribution in [-0.2, 0) is 16.1 Å². The molecule has 0 radical (unpaired) electrons. The average Bonchev–Trinajstić information content (AvgIpc) is 3.14. The van der Waals surface area contributed by atoms with Crippen molar-refractivity contribution in [2.75, 3.05) is 49.1 Å². The van der Waals surface area contributed by atoms with Gasteiger partial charge in [0.15, 0.2) is 0 Å². The van der Waals surface area contributed by atoms with Crippen LogP contribution in [0.3, 0.4) is 0 Å². The molecule has 9 heteroatoms. The summed E-state index contributed by atoms with van der Waals surface area (Å²) in [6.45, 7) is 3.40. The van der Waals surface area contributed by atoms with Crippen LogP contribution in [0.15, 0.2) is 48.5 Å². The van der Waals surface area contributed by atoms with E-state index in [0.717, 1.165) is 25.2 Å². The number of nitrogens with zero attached hydrogens (tertiary/aromatic N) is 3. The van der Waals surface area contributed by atoms with E-state index in [1.54, 1.807) is 36.4 Å². The zero-order valence-electron chi connectivity index (χ0n) is 19.8. The van der Waals surface area contributed by atoms with Crippen LogP contribution < -0.4 is 20.4 Å². The third-order valence-corrected chi connectivity index (χ3v) is 6.41. The number of carbonyl (C=O) groups is 3. The van der Waals surface area contributed by atoms with Gasteiger partial charge in [0.25, 0.3) is 0 Å². The minimum atomic E-state index is -0.434. The quantitative estimate of drug-likeness (QED) is 0.637. The number of benzene rings is 2. The smallest absolute Gasteiger partial charge is 0.322 e. The number of likely N-dealkylation sites (tertiary alicyclic amines) is 1. The number of urea groups is 1. The Hall–Kier alpha value is -3.46. The molecule has 4 rings (SSSR count). The Bertz CT molecular complexity index is 1040. The molecule has 2 N–H and O–H groups in total. The highest BCUT2D eigenvalue weighted by Gasteiger charge is 2.33. The van der Waals surface area contributed by atoms with E-state index in [9.17, 15) is 18.8 Å². The van der Waals surface area contributed by atoms with E-state index in [0.29, 0.717) is 17.9 Å². The number of carbonyl (C=O) groups excluding carboxylic acids is 3. The van der Waals surface area contributed by atoms with Crippen LogP contribution in [0, 0.1) is 5.82 Å². The van der Waals surface area contributed by atoms with E-state index in [2.05, 4.69) is 15.5 Å². The summed E-state index contributed by atoms with van der Waals surface area (Å²) in [4.78, 5) is 43.6. The van der Waals surface area contributed by atoms with Crippen molar-refractivity contribution in [3.8, 4) is 0 Å². The molecule has 1 fully saturated rings. The van der Waals surface area contributed by atoms with Gasteiger partial charge in [-0.2, -0.15) is 0 Å². The van der Waals surface area contributed by atoms with Crippen LogP contribution in [0.25, 0.3) is 0 Å². The van der Waals surface area contributed by atoms with Crippen LogP contribution in [0.4, 0.5) is 20.6 Å².